The van der Waals surface area contributed by atoms with E-state index in [0.717, 1.165) is 0 Å². The van der Waals surface area contributed by atoms with Gasteiger partial charge in [0.25, 0.3) is 0 Å². The van der Waals surface area contributed by atoms with Gasteiger partial charge in [-0.3, -0.25) is 4.79 Å². The van der Waals surface area contributed by atoms with Crippen molar-refractivity contribution in [3.8, 4) is 0 Å². The Morgan fingerprint density at radius 1 is 1.22 bits per heavy atom. The zero-order chi connectivity index (χ0) is 14.1. The average Bonchev–Trinajstić information content (AvgIpc) is 2.39. The van der Waals surface area contributed by atoms with Gasteiger partial charge in [-0.2, -0.15) is 0 Å². The Bertz CT molecular complexity index is 307. The number of aliphatic hydroxyl groups excluding tert-OH is 5. The van der Waals surface area contributed by atoms with Gasteiger partial charge >= 0.3 is 0 Å². The van der Waals surface area contributed by atoms with E-state index in [4.69, 9.17) is 15.7 Å². The van der Waals surface area contributed by atoms with Gasteiger partial charge in [0.2, 0.25) is 0 Å². The molecule has 18 heavy (non-hydrogen) atoms. The first-order valence-corrected chi connectivity index (χ1v) is 5.32. The third-order valence-corrected chi connectivity index (χ3v) is 2.33. The lowest BCUT2D eigenvalue weighted by atomic mass is 9.98. The van der Waals surface area contributed by atoms with E-state index in [0.29, 0.717) is 0 Å². The highest BCUT2D eigenvalue weighted by Gasteiger charge is 2.33. The van der Waals surface area contributed by atoms with E-state index in [2.05, 4.69) is 10.0 Å². The van der Waals surface area contributed by atoms with E-state index in [1.807, 2.05) is 0 Å². The standard InChI is InChI=1S/C9H17N3O6/c10-12-11-3-1-2-5(14)7(16)9(18)8(17)6(15)4-13/h6-9,13,15-18H,1-4H2/t6-,7+,8+,9-/m1/s1. The van der Waals surface area contributed by atoms with Gasteiger partial charge in [-0.1, -0.05) is 5.11 Å². The van der Waals surface area contributed by atoms with Crippen LogP contribution in [0.5, 0.6) is 0 Å². The number of azide groups is 1. The van der Waals surface area contributed by atoms with E-state index < -0.39 is 36.8 Å². The molecular weight excluding hydrogens is 246 g/mol. The van der Waals surface area contributed by atoms with Crippen molar-refractivity contribution in [2.75, 3.05) is 13.2 Å². The van der Waals surface area contributed by atoms with Gasteiger partial charge in [-0.05, 0) is 12.0 Å². The van der Waals surface area contributed by atoms with Gasteiger partial charge in [0.1, 0.15) is 24.4 Å². The van der Waals surface area contributed by atoms with Crippen LogP contribution < -0.4 is 0 Å². The lowest BCUT2D eigenvalue weighted by molar-refractivity contribution is -0.147. The second-order valence-corrected chi connectivity index (χ2v) is 3.70. The Kier molecular flexibility index (Phi) is 8.21. The minimum atomic E-state index is -1.89. The van der Waals surface area contributed by atoms with Crippen LogP contribution in [-0.2, 0) is 4.79 Å². The molecule has 0 amide bonds. The summed E-state index contributed by atoms with van der Waals surface area (Å²) in [7, 11) is 0. The Labute approximate surface area is 103 Å². The number of nitrogens with zero attached hydrogens (tertiary/aromatic N) is 3. The second kappa shape index (κ2) is 8.81. The van der Waals surface area contributed by atoms with Crippen molar-refractivity contribution in [1.82, 2.24) is 0 Å². The molecule has 0 aromatic heterocycles. The predicted octanol–water partition coefficient (Wildman–Crippen LogP) is -1.92. The van der Waals surface area contributed by atoms with Crippen LogP contribution in [0.3, 0.4) is 0 Å². The smallest absolute Gasteiger partial charge is 0.164 e. The third-order valence-electron chi connectivity index (χ3n) is 2.33. The minimum absolute atomic E-state index is 0.0763. The van der Waals surface area contributed by atoms with E-state index in [-0.39, 0.29) is 19.4 Å². The molecule has 4 atom stereocenters. The summed E-state index contributed by atoms with van der Waals surface area (Å²) in [6.45, 7) is -0.733. The fourth-order valence-corrected chi connectivity index (χ4v) is 1.23. The molecule has 0 saturated carbocycles. The number of Topliss-reactive ketones (excluding diaryl/α,β-unsaturated/α-hetero) is 1. The SMILES string of the molecule is [N-]=[N+]=NCCCC(=O)[C@H](O)[C@@H](O)[C@@H](O)[C@H](O)CO. The van der Waals surface area contributed by atoms with E-state index in [1.54, 1.807) is 0 Å². The van der Waals surface area contributed by atoms with Gasteiger partial charge < -0.3 is 25.5 Å². The van der Waals surface area contributed by atoms with E-state index in [9.17, 15) is 20.1 Å². The maximum Gasteiger partial charge on any atom is 0.164 e. The molecule has 0 radical (unpaired) electrons. The first-order chi connectivity index (χ1) is 8.45. The molecule has 0 spiro atoms. The van der Waals surface area contributed by atoms with Crippen LogP contribution in [0.25, 0.3) is 10.4 Å². The van der Waals surface area contributed by atoms with Gasteiger partial charge in [-0.25, -0.2) is 0 Å². The number of aliphatic hydroxyl groups is 5. The lowest BCUT2D eigenvalue weighted by Gasteiger charge is -2.24. The average molecular weight is 263 g/mol. The number of carbonyl (C=O) groups excluding carboxylic acids is 1. The molecular formula is C9H17N3O6. The van der Waals surface area contributed by atoms with Crippen LogP contribution in [0.4, 0.5) is 0 Å². The van der Waals surface area contributed by atoms with Crippen molar-refractivity contribution in [3.63, 3.8) is 0 Å². The van der Waals surface area contributed by atoms with Crippen molar-refractivity contribution in [2.24, 2.45) is 5.11 Å². The fraction of sp³-hybridized carbons (Fsp3) is 0.889. The minimum Gasteiger partial charge on any atom is -0.394 e. The highest BCUT2D eigenvalue weighted by molar-refractivity contribution is 5.83. The topological polar surface area (TPSA) is 167 Å². The van der Waals surface area contributed by atoms with Crippen LogP contribution >= 0.6 is 0 Å². The molecule has 9 nitrogen and oxygen atoms in total. The van der Waals surface area contributed by atoms with Gasteiger partial charge in [0.15, 0.2) is 5.78 Å². The highest BCUT2D eigenvalue weighted by atomic mass is 16.4. The summed E-state index contributed by atoms with van der Waals surface area (Å²) in [5.74, 6) is -0.750. The molecule has 0 aromatic rings. The molecule has 5 N–H and O–H groups in total. The first kappa shape index (κ1) is 16.8. The Morgan fingerprint density at radius 3 is 2.33 bits per heavy atom. The summed E-state index contributed by atoms with van der Waals surface area (Å²) in [5.41, 5.74) is 7.99. The summed E-state index contributed by atoms with van der Waals surface area (Å²) in [5, 5.41) is 48.8. The quantitative estimate of drug-likeness (QED) is 0.141. The molecule has 0 aliphatic rings. The Balaban J connectivity index is 4.22. The van der Waals surface area contributed by atoms with Crippen molar-refractivity contribution in [3.05, 3.63) is 10.4 Å². The van der Waals surface area contributed by atoms with Gasteiger partial charge in [0, 0.05) is 17.9 Å². The molecule has 0 unspecified atom stereocenters. The van der Waals surface area contributed by atoms with Crippen LogP contribution in [0.1, 0.15) is 12.8 Å². The Morgan fingerprint density at radius 2 is 1.83 bits per heavy atom. The zero-order valence-electron chi connectivity index (χ0n) is 9.62. The molecule has 0 fully saturated rings. The summed E-state index contributed by atoms with van der Waals surface area (Å²) in [6.07, 6.45) is -7.17. The van der Waals surface area contributed by atoms with E-state index in [1.165, 1.54) is 0 Å². The molecule has 104 valence electrons. The maximum absolute atomic E-state index is 11.4. The van der Waals surface area contributed by atoms with Crippen molar-refractivity contribution in [1.29, 1.82) is 0 Å². The highest BCUT2D eigenvalue weighted by Crippen LogP contribution is 2.08. The summed E-state index contributed by atoms with van der Waals surface area (Å²) in [4.78, 5) is 13.8. The number of hydrogen-bond donors (Lipinski definition) is 5. The first-order valence-electron chi connectivity index (χ1n) is 5.32. The van der Waals surface area contributed by atoms with Gasteiger partial charge in [-0.15, -0.1) is 0 Å². The van der Waals surface area contributed by atoms with Crippen LogP contribution in [-0.4, -0.2) is 68.9 Å². The van der Waals surface area contributed by atoms with Crippen LogP contribution in [0.15, 0.2) is 5.11 Å². The largest absolute Gasteiger partial charge is 0.394 e. The van der Waals surface area contributed by atoms with Crippen molar-refractivity contribution >= 4 is 5.78 Å². The third kappa shape index (κ3) is 5.41. The molecule has 0 rings (SSSR count). The predicted molar refractivity (Wildman–Crippen MR) is 59.4 cm³/mol. The van der Waals surface area contributed by atoms with Crippen LogP contribution in [0, 0.1) is 0 Å². The number of rotatable bonds is 9. The fourth-order valence-electron chi connectivity index (χ4n) is 1.23. The lowest BCUT2D eigenvalue weighted by Crippen LogP contribution is -2.48. The van der Waals surface area contributed by atoms with Gasteiger partial charge in [0.05, 0.1) is 6.61 Å². The second-order valence-electron chi connectivity index (χ2n) is 3.70. The summed E-state index contributed by atoms with van der Waals surface area (Å²) < 4.78 is 0. The molecule has 0 aliphatic carbocycles. The monoisotopic (exact) mass is 263 g/mol. The summed E-state index contributed by atoms with van der Waals surface area (Å²) in [6, 6.07) is 0. The number of hydrogen-bond acceptors (Lipinski definition) is 7. The van der Waals surface area contributed by atoms with Crippen LogP contribution in [0.2, 0.25) is 0 Å². The van der Waals surface area contributed by atoms with E-state index >= 15 is 0 Å². The maximum atomic E-state index is 11.4. The number of carbonyl (C=O) groups is 1. The van der Waals surface area contributed by atoms with Crippen molar-refractivity contribution < 1.29 is 30.3 Å². The summed E-state index contributed by atoms with van der Waals surface area (Å²) >= 11 is 0. The molecule has 0 heterocycles. The zero-order valence-corrected chi connectivity index (χ0v) is 9.62. The normalized spacial score (nSPS) is 17.4. The molecule has 0 saturated heterocycles. The number of ketones is 1. The molecule has 0 bridgehead atoms. The van der Waals surface area contributed by atoms with Crippen molar-refractivity contribution in [2.45, 2.75) is 37.3 Å². The molecule has 0 aliphatic heterocycles. The Hall–Kier alpha value is -1.22. The molecule has 0 aromatic carbocycles. The molecule has 9 heteroatoms.